The second-order valence-corrected chi connectivity index (χ2v) is 6.00. The molecule has 1 N–H and O–H groups in total. The molecule has 0 bridgehead atoms. The topological polar surface area (TPSA) is 77.2 Å². The average molecular weight is 355 g/mol. The number of carbonyl (C=O) groups is 1. The van der Waals surface area contributed by atoms with Crippen molar-refractivity contribution in [3.63, 3.8) is 0 Å². The number of pyridine rings is 1. The zero-order valence-electron chi connectivity index (χ0n) is 14.4. The summed E-state index contributed by atoms with van der Waals surface area (Å²) < 4.78 is 21.8. The van der Waals surface area contributed by atoms with Gasteiger partial charge in [-0.2, -0.15) is 0 Å². The Kier molecular flexibility index (Phi) is 4.97. The molecule has 2 heterocycles. The third-order valence-corrected chi connectivity index (χ3v) is 3.92. The lowest BCUT2D eigenvalue weighted by Gasteiger charge is -2.15. The van der Waals surface area contributed by atoms with Crippen molar-refractivity contribution < 1.29 is 19.0 Å². The third kappa shape index (κ3) is 3.28. The molecule has 3 aromatic rings. The predicted molar refractivity (Wildman–Crippen MR) is 93.2 cm³/mol. The average Bonchev–Trinajstić information content (AvgIpc) is 3.10. The number of aromatic hydroxyl groups is 1. The molecule has 3 rings (SSSR count). The van der Waals surface area contributed by atoms with E-state index in [2.05, 4.69) is 9.97 Å². The lowest BCUT2D eigenvalue weighted by Crippen LogP contribution is -2.11. The molecule has 0 fully saturated rings. The van der Waals surface area contributed by atoms with Crippen molar-refractivity contribution in [1.29, 1.82) is 0 Å². The van der Waals surface area contributed by atoms with E-state index in [-0.39, 0.29) is 35.2 Å². The summed E-state index contributed by atoms with van der Waals surface area (Å²) in [7, 11) is 0. The van der Waals surface area contributed by atoms with Crippen LogP contribution < -0.4 is 4.74 Å². The zero-order valence-corrected chi connectivity index (χ0v) is 14.4. The number of aldehydes is 1. The van der Waals surface area contributed by atoms with Gasteiger partial charge in [0.05, 0.1) is 11.1 Å². The summed E-state index contributed by atoms with van der Waals surface area (Å²) >= 11 is 0. The number of hydrogen-bond acceptors (Lipinski definition) is 5. The van der Waals surface area contributed by atoms with Crippen molar-refractivity contribution in [2.24, 2.45) is 0 Å². The van der Waals surface area contributed by atoms with Gasteiger partial charge in [0.25, 0.3) is 0 Å². The molecule has 0 saturated carbocycles. The first kappa shape index (κ1) is 17.6. The Morgan fingerprint density at radius 2 is 2.08 bits per heavy atom. The van der Waals surface area contributed by atoms with Gasteiger partial charge >= 0.3 is 0 Å². The number of aromatic nitrogens is 3. The molecular weight excluding hydrogens is 337 g/mol. The Hall–Kier alpha value is -3.22. The van der Waals surface area contributed by atoms with Crippen LogP contribution in [0.1, 0.15) is 41.5 Å². The maximum absolute atomic E-state index is 14.5. The molecule has 26 heavy (non-hydrogen) atoms. The number of carbonyl (C=O) groups excluding carboxylic acids is 1. The van der Waals surface area contributed by atoms with E-state index < -0.39 is 5.82 Å². The number of benzene rings is 1. The van der Waals surface area contributed by atoms with E-state index in [1.807, 2.05) is 13.8 Å². The van der Waals surface area contributed by atoms with Crippen LogP contribution >= 0.6 is 0 Å². The summed E-state index contributed by atoms with van der Waals surface area (Å²) in [5.41, 5.74) is 0.247. The number of nitrogens with zero attached hydrogens (tertiary/aromatic N) is 3. The number of phenols is 1. The summed E-state index contributed by atoms with van der Waals surface area (Å²) in [6.45, 7) is 3.81. The van der Waals surface area contributed by atoms with Gasteiger partial charge in [0, 0.05) is 24.5 Å². The number of ether oxygens (including phenoxy) is 1. The largest absolute Gasteiger partial charge is 0.507 e. The normalized spacial score (nSPS) is 10.9. The standard InChI is InChI=1S/C19H18FN3O3/c1-12(2)18-22-8-9-23(18)19-14(15(20)6-7-21-19)11-26-17-5-3-4-16(25)13(17)10-24/h3-10,12,25H,11H2,1-2H3. The Morgan fingerprint density at radius 3 is 2.81 bits per heavy atom. The number of hydrogen-bond donors (Lipinski definition) is 1. The molecule has 0 atom stereocenters. The van der Waals surface area contributed by atoms with Crippen molar-refractivity contribution >= 4 is 6.29 Å². The number of phenolic OH excluding ortho intramolecular Hbond substituents is 1. The van der Waals surface area contributed by atoms with Gasteiger partial charge in [0.2, 0.25) is 0 Å². The predicted octanol–water partition coefficient (Wildman–Crippen LogP) is 3.63. The molecule has 0 radical (unpaired) electrons. The summed E-state index contributed by atoms with van der Waals surface area (Å²) in [5, 5.41) is 9.74. The second kappa shape index (κ2) is 7.35. The lowest BCUT2D eigenvalue weighted by atomic mass is 10.2. The van der Waals surface area contributed by atoms with Crippen LogP contribution in [0.25, 0.3) is 5.82 Å². The van der Waals surface area contributed by atoms with E-state index in [1.54, 1.807) is 23.0 Å². The fraction of sp³-hybridized carbons (Fsp3) is 0.211. The van der Waals surface area contributed by atoms with Crippen LogP contribution in [-0.2, 0) is 6.61 Å². The van der Waals surface area contributed by atoms with E-state index >= 15 is 0 Å². The molecule has 0 unspecified atom stereocenters. The van der Waals surface area contributed by atoms with E-state index in [0.29, 0.717) is 12.1 Å². The maximum atomic E-state index is 14.5. The first-order valence-corrected chi connectivity index (χ1v) is 8.10. The Balaban J connectivity index is 1.98. The number of imidazole rings is 1. The summed E-state index contributed by atoms with van der Waals surface area (Å²) in [5.74, 6) is 0.738. The number of halogens is 1. The van der Waals surface area contributed by atoms with E-state index in [9.17, 15) is 14.3 Å². The van der Waals surface area contributed by atoms with Gasteiger partial charge in [-0.05, 0) is 18.2 Å². The Morgan fingerprint density at radius 1 is 1.27 bits per heavy atom. The van der Waals surface area contributed by atoms with Crippen molar-refractivity contribution in [3.05, 3.63) is 65.6 Å². The van der Waals surface area contributed by atoms with E-state index in [4.69, 9.17) is 4.74 Å². The molecule has 7 heteroatoms. The van der Waals surface area contributed by atoms with Crippen LogP contribution in [-0.4, -0.2) is 25.9 Å². The van der Waals surface area contributed by atoms with Crippen LogP contribution in [0.2, 0.25) is 0 Å². The van der Waals surface area contributed by atoms with Crippen LogP contribution in [0.4, 0.5) is 4.39 Å². The fourth-order valence-electron chi connectivity index (χ4n) is 2.65. The minimum absolute atomic E-state index is 0.0175. The van der Waals surface area contributed by atoms with Crippen LogP contribution in [0.5, 0.6) is 11.5 Å². The lowest BCUT2D eigenvalue weighted by molar-refractivity contribution is 0.111. The summed E-state index contributed by atoms with van der Waals surface area (Å²) in [6.07, 6.45) is 5.22. The highest BCUT2D eigenvalue weighted by molar-refractivity contribution is 5.83. The molecule has 0 aliphatic carbocycles. The highest BCUT2D eigenvalue weighted by Crippen LogP contribution is 2.28. The molecule has 0 spiro atoms. The van der Waals surface area contributed by atoms with Crippen LogP contribution in [0, 0.1) is 5.82 Å². The van der Waals surface area contributed by atoms with Gasteiger partial charge in [-0.25, -0.2) is 14.4 Å². The zero-order chi connectivity index (χ0) is 18.7. The van der Waals surface area contributed by atoms with E-state index in [0.717, 1.165) is 5.82 Å². The summed E-state index contributed by atoms with van der Waals surface area (Å²) in [4.78, 5) is 19.7. The number of rotatable bonds is 6. The van der Waals surface area contributed by atoms with Gasteiger partial charge < -0.3 is 9.84 Å². The first-order chi connectivity index (χ1) is 12.5. The van der Waals surface area contributed by atoms with Crippen LogP contribution in [0.15, 0.2) is 42.9 Å². The van der Waals surface area contributed by atoms with Crippen molar-refractivity contribution in [2.75, 3.05) is 0 Å². The van der Waals surface area contributed by atoms with Gasteiger partial charge in [-0.15, -0.1) is 0 Å². The molecule has 0 aliphatic heterocycles. The van der Waals surface area contributed by atoms with Crippen molar-refractivity contribution in [1.82, 2.24) is 14.5 Å². The van der Waals surface area contributed by atoms with Crippen molar-refractivity contribution in [2.45, 2.75) is 26.4 Å². The van der Waals surface area contributed by atoms with E-state index in [1.165, 1.54) is 24.4 Å². The fourth-order valence-corrected chi connectivity index (χ4v) is 2.65. The smallest absolute Gasteiger partial charge is 0.157 e. The molecule has 134 valence electrons. The second-order valence-electron chi connectivity index (χ2n) is 6.00. The Labute approximate surface area is 149 Å². The van der Waals surface area contributed by atoms with Crippen molar-refractivity contribution in [3.8, 4) is 17.3 Å². The molecule has 6 nitrogen and oxygen atoms in total. The molecule has 0 amide bonds. The van der Waals surface area contributed by atoms with Gasteiger partial charge in [0.15, 0.2) is 6.29 Å². The Bertz CT molecular complexity index is 938. The first-order valence-electron chi connectivity index (χ1n) is 8.10. The minimum Gasteiger partial charge on any atom is -0.507 e. The molecule has 0 aliphatic rings. The quantitative estimate of drug-likeness (QED) is 0.683. The van der Waals surface area contributed by atoms with Gasteiger partial charge in [-0.1, -0.05) is 19.9 Å². The van der Waals surface area contributed by atoms with Gasteiger partial charge in [-0.3, -0.25) is 9.36 Å². The summed E-state index contributed by atoms with van der Waals surface area (Å²) in [6, 6.07) is 5.71. The molecule has 2 aromatic heterocycles. The molecule has 1 aromatic carbocycles. The molecular formula is C19H18FN3O3. The van der Waals surface area contributed by atoms with Gasteiger partial charge in [0.1, 0.15) is 35.6 Å². The highest BCUT2D eigenvalue weighted by atomic mass is 19.1. The third-order valence-electron chi connectivity index (χ3n) is 3.92. The van der Waals surface area contributed by atoms with Crippen LogP contribution in [0.3, 0.4) is 0 Å². The highest BCUT2D eigenvalue weighted by Gasteiger charge is 2.18. The maximum Gasteiger partial charge on any atom is 0.157 e. The minimum atomic E-state index is -0.480. The molecule has 0 saturated heterocycles. The SMILES string of the molecule is CC(C)c1nccn1-c1nccc(F)c1COc1cccc(O)c1C=O. The monoisotopic (exact) mass is 355 g/mol.